The van der Waals surface area contributed by atoms with Gasteiger partial charge in [-0.1, -0.05) is 57.7 Å². The predicted molar refractivity (Wildman–Crippen MR) is 82.9 cm³/mol. The van der Waals surface area contributed by atoms with Gasteiger partial charge in [-0.15, -0.1) is 0 Å². The molecule has 0 aromatic heterocycles. The maximum Gasteiger partial charge on any atom is 0.330 e. The van der Waals surface area contributed by atoms with Crippen molar-refractivity contribution >= 4 is 11.9 Å². The van der Waals surface area contributed by atoms with Crippen molar-refractivity contribution in [3.8, 4) is 0 Å². The Kier molecular flexibility index (Phi) is 9.59. The Morgan fingerprint density at radius 1 is 1.29 bits per heavy atom. The van der Waals surface area contributed by atoms with Crippen molar-refractivity contribution in [2.75, 3.05) is 0 Å². The molecule has 0 amide bonds. The number of carbonyl (C=O) groups is 2. The van der Waals surface area contributed by atoms with E-state index in [1.54, 1.807) is 0 Å². The van der Waals surface area contributed by atoms with Crippen LogP contribution in [0, 0.1) is 5.92 Å². The molecule has 0 bridgehead atoms. The lowest BCUT2D eigenvalue weighted by atomic mass is 10.1. The average Bonchev–Trinajstić information content (AvgIpc) is 2.44. The molecule has 1 N–H and O–H groups in total. The number of carboxylic acids is 1. The number of carbonyl (C=O) groups excluding carboxylic acids is 1. The molecule has 0 aliphatic rings. The van der Waals surface area contributed by atoms with E-state index < -0.39 is 5.97 Å². The van der Waals surface area contributed by atoms with Gasteiger partial charge in [-0.05, 0) is 17.9 Å². The third-order valence-corrected chi connectivity index (χ3v) is 2.55. The van der Waals surface area contributed by atoms with E-state index in [4.69, 9.17) is 9.84 Å². The summed E-state index contributed by atoms with van der Waals surface area (Å²) in [7, 11) is 0. The molecule has 1 atom stereocenters. The zero-order valence-electron chi connectivity index (χ0n) is 12.9. The Bertz CT molecular complexity index is 437. The molecular formula is C17H24O4. The van der Waals surface area contributed by atoms with Crippen LogP contribution < -0.4 is 0 Å². The van der Waals surface area contributed by atoms with E-state index in [2.05, 4.69) is 6.58 Å². The van der Waals surface area contributed by atoms with E-state index in [0.29, 0.717) is 0 Å². The maximum absolute atomic E-state index is 11.0. The fourth-order valence-corrected chi connectivity index (χ4v) is 1.59. The standard InChI is InChI=1S/C12H14O2.C5H10O2/c1-3-11(14-12(13)4-2)10-8-6-5-7-9-10;1-4(2)3-5(6)7/h4-9,11H,2-3H2,1H3;4H,3H2,1-2H3,(H,6,7). The Hall–Kier alpha value is -2.10. The molecule has 116 valence electrons. The molecule has 4 nitrogen and oxygen atoms in total. The molecule has 0 aliphatic carbocycles. The number of benzene rings is 1. The molecule has 0 radical (unpaired) electrons. The Balaban J connectivity index is 0.000000486. The number of hydrogen-bond donors (Lipinski definition) is 1. The minimum atomic E-state index is -0.713. The van der Waals surface area contributed by atoms with Crippen LogP contribution in [0.3, 0.4) is 0 Å². The zero-order chi connectivity index (χ0) is 16.3. The second-order valence-electron chi connectivity index (χ2n) is 4.94. The molecule has 1 aromatic rings. The van der Waals surface area contributed by atoms with Crippen LogP contribution in [0.4, 0.5) is 0 Å². The van der Waals surface area contributed by atoms with Gasteiger partial charge < -0.3 is 9.84 Å². The normalized spacial score (nSPS) is 11.0. The molecule has 1 unspecified atom stereocenters. The van der Waals surface area contributed by atoms with Crippen LogP contribution in [0.2, 0.25) is 0 Å². The van der Waals surface area contributed by atoms with Crippen molar-refractivity contribution in [1.29, 1.82) is 0 Å². The lowest BCUT2D eigenvalue weighted by Gasteiger charge is -2.14. The summed E-state index contributed by atoms with van der Waals surface area (Å²) in [5, 5.41) is 8.08. The summed E-state index contributed by atoms with van der Waals surface area (Å²) in [4.78, 5) is 20.8. The van der Waals surface area contributed by atoms with Gasteiger partial charge in [0.25, 0.3) is 0 Å². The van der Waals surface area contributed by atoms with E-state index in [1.165, 1.54) is 6.08 Å². The predicted octanol–water partition coefficient (Wildman–Crippen LogP) is 3.98. The van der Waals surface area contributed by atoms with Gasteiger partial charge in [0.1, 0.15) is 6.10 Å². The van der Waals surface area contributed by atoms with Crippen molar-refractivity contribution in [3.63, 3.8) is 0 Å². The van der Waals surface area contributed by atoms with Crippen LogP contribution in [-0.2, 0) is 14.3 Å². The van der Waals surface area contributed by atoms with Crippen molar-refractivity contribution < 1.29 is 19.4 Å². The van der Waals surface area contributed by atoms with Crippen LogP contribution in [0.15, 0.2) is 43.0 Å². The van der Waals surface area contributed by atoms with E-state index in [-0.39, 0.29) is 24.4 Å². The van der Waals surface area contributed by atoms with Crippen LogP contribution >= 0.6 is 0 Å². The number of aliphatic carboxylic acids is 1. The summed E-state index contributed by atoms with van der Waals surface area (Å²) in [6, 6.07) is 9.69. The van der Waals surface area contributed by atoms with E-state index in [0.717, 1.165) is 12.0 Å². The average molecular weight is 292 g/mol. The number of carboxylic acid groups (broad SMARTS) is 1. The summed E-state index contributed by atoms with van der Waals surface area (Å²) in [6.45, 7) is 9.11. The second-order valence-corrected chi connectivity index (χ2v) is 4.94. The number of rotatable bonds is 6. The van der Waals surface area contributed by atoms with Crippen molar-refractivity contribution in [2.45, 2.75) is 39.7 Å². The third-order valence-electron chi connectivity index (χ3n) is 2.55. The highest BCUT2D eigenvalue weighted by molar-refractivity contribution is 5.81. The Labute approximate surface area is 126 Å². The highest BCUT2D eigenvalue weighted by Crippen LogP contribution is 2.20. The van der Waals surface area contributed by atoms with Crippen LogP contribution in [-0.4, -0.2) is 17.0 Å². The monoisotopic (exact) mass is 292 g/mol. The summed E-state index contributed by atoms with van der Waals surface area (Å²) in [5.74, 6) is -0.812. The third kappa shape index (κ3) is 9.44. The first-order chi connectivity index (χ1) is 9.90. The second kappa shape index (κ2) is 10.7. The fraction of sp³-hybridized carbons (Fsp3) is 0.412. The van der Waals surface area contributed by atoms with Gasteiger partial charge in [0.2, 0.25) is 0 Å². The summed E-state index contributed by atoms with van der Waals surface area (Å²) in [5.41, 5.74) is 1.02. The van der Waals surface area contributed by atoms with Crippen molar-refractivity contribution in [2.24, 2.45) is 5.92 Å². The molecule has 1 aromatic carbocycles. The number of hydrogen-bond acceptors (Lipinski definition) is 3. The molecule has 4 heteroatoms. The van der Waals surface area contributed by atoms with Crippen LogP contribution in [0.5, 0.6) is 0 Å². The highest BCUT2D eigenvalue weighted by atomic mass is 16.5. The lowest BCUT2D eigenvalue weighted by Crippen LogP contribution is -2.08. The van der Waals surface area contributed by atoms with Crippen molar-refractivity contribution in [3.05, 3.63) is 48.6 Å². The van der Waals surface area contributed by atoms with Crippen molar-refractivity contribution in [1.82, 2.24) is 0 Å². The van der Waals surface area contributed by atoms with Gasteiger partial charge in [0, 0.05) is 12.5 Å². The Morgan fingerprint density at radius 3 is 2.19 bits per heavy atom. The number of esters is 1. The molecule has 0 fully saturated rings. The molecule has 1 rings (SSSR count). The fourth-order valence-electron chi connectivity index (χ4n) is 1.59. The first-order valence-corrected chi connectivity index (χ1v) is 7.00. The largest absolute Gasteiger partial charge is 0.481 e. The van der Waals surface area contributed by atoms with Crippen LogP contribution in [0.25, 0.3) is 0 Å². The molecule has 0 saturated heterocycles. The highest BCUT2D eigenvalue weighted by Gasteiger charge is 2.11. The molecule has 0 saturated carbocycles. The summed E-state index contributed by atoms with van der Waals surface area (Å²) < 4.78 is 5.18. The first-order valence-electron chi connectivity index (χ1n) is 7.00. The van der Waals surface area contributed by atoms with Gasteiger partial charge >= 0.3 is 11.9 Å². The smallest absolute Gasteiger partial charge is 0.330 e. The van der Waals surface area contributed by atoms with E-state index >= 15 is 0 Å². The van der Waals surface area contributed by atoms with Crippen LogP contribution in [0.1, 0.15) is 45.3 Å². The van der Waals surface area contributed by atoms with Gasteiger partial charge in [-0.2, -0.15) is 0 Å². The quantitative estimate of drug-likeness (QED) is 0.636. The molecule has 21 heavy (non-hydrogen) atoms. The van der Waals surface area contributed by atoms with Gasteiger partial charge in [-0.3, -0.25) is 4.79 Å². The maximum atomic E-state index is 11.0. The molecular weight excluding hydrogens is 268 g/mol. The van der Waals surface area contributed by atoms with Gasteiger partial charge in [0.15, 0.2) is 0 Å². The van der Waals surface area contributed by atoms with E-state index in [9.17, 15) is 9.59 Å². The number of ether oxygens (including phenoxy) is 1. The van der Waals surface area contributed by atoms with Gasteiger partial charge in [0.05, 0.1) is 0 Å². The molecule has 0 heterocycles. The molecule has 0 aliphatic heterocycles. The minimum Gasteiger partial charge on any atom is -0.481 e. The first kappa shape index (κ1) is 18.9. The summed E-state index contributed by atoms with van der Waals surface area (Å²) in [6.07, 6.45) is 2.07. The minimum absolute atomic E-state index is 0.165. The topological polar surface area (TPSA) is 63.6 Å². The summed E-state index contributed by atoms with van der Waals surface area (Å²) >= 11 is 0. The Morgan fingerprint density at radius 2 is 1.86 bits per heavy atom. The lowest BCUT2D eigenvalue weighted by molar-refractivity contribution is -0.143. The van der Waals surface area contributed by atoms with Gasteiger partial charge in [-0.25, -0.2) is 4.79 Å². The SMILES string of the molecule is C=CC(=O)OC(CC)c1ccccc1.CC(C)CC(=O)O. The molecule has 0 spiro atoms. The zero-order valence-corrected chi connectivity index (χ0v) is 12.9. The van der Waals surface area contributed by atoms with E-state index in [1.807, 2.05) is 51.1 Å².